The molecule has 1 aromatic carbocycles. The Morgan fingerprint density at radius 2 is 2.06 bits per heavy atom. The molecule has 6 nitrogen and oxygen atoms in total. The number of likely N-dealkylation sites (N-methyl/N-ethyl adjacent to an activating group) is 1. The van der Waals surface area contributed by atoms with Gasteiger partial charge in [0.25, 0.3) is 0 Å². The molecule has 0 bridgehead atoms. The fourth-order valence-electron chi connectivity index (χ4n) is 3.65. The predicted octanol–water partition coefficient (Wildman–Crippen LogP) is 4.79. The van der Waals surface area contributed by atoms with Crippen LogP contribution in [0.25, 0.3) is 11.4 Å². The number of anilines is 2. The number of nitrogens with one attached hydrogen (secondary N) is 1. The van der Waals surface area contributed by atoms with Crippen molar-refractivity contribution in [3.8, 4) is 11.4 Å². The average molecular weight is 440 g/mol. The highest BCUT2D eigenvalue weighted by Gasteiger charge is 2.23. The number of hydrogen-bond donors (Lipinski definition) is 1. The quantitative estimate of drug-likeness (QED) is 0.619. The van der Waals surface area contributed by atoms with Crippen molar-refractivity contribution >= 4 is 23.1 Å². The van der Waals surface area contributed by atoms with Crippen LogP contribution >= 0.6 is 11.6 Å². The normalized spacial score (nSPS) is 17.2. The maximum atomic E-state index is 14.4. The first kappa shape index (κ1) is 21.6. The molecule has 1 N–H and O–H groups in total. The molecule has 1 aliphatic rings. The molecule has 8 heteroatoms. The number of halogens is 2. The predicted molar refractivity (Wildman–Crippen MR) is 121 cm³/mol. The number of hydrogen-bond acceptors (Lipinski definition) is 5. The summed E-state index contributed by atoms with van der Waals surface area (Å²) in [5, 5.41) is 8.66. The van der Waals surface area contributed by atoms with E-state index in [1.165, 1.54) is 12.1 Å². The zero-order valence-electron chi connectivity index (χ0n) is 17.8. The highest BCUT2D eigenvalue weighted by molar-refractivity contribution is 6.30. The second-order valence-electron chi connectivity index (χ2n) is 8.05. The van der Waals surface area contributed by atoms with Gasteiger partial charge in [0.05, 0.1) is 11.6 Å². The number of nitrogens with zero attached hydrogens (tertiary/aromatic N) is 5. The van der Waals surface area contributed by atoms with Crippen LogP contribution in [0.1, 0.15) is 36.9 Å². The van der Waals surface area contributed by atoms with Crippen molar-refractivity contribution in [2.75, 3.05) is 32.0 Å². The Labute approximate surface area is 186 Å². The summed E-state index contributed by atoms with van der Waals surface area (Å²) in [4.78, 5) is 15.7. The fourth-order valence-corrected chi connectivity index (χ4v) is 3.82. The van der Waals surface area contributed by atoms with Gasteiger partial charge in [0.15, 0.2) is 5.82 Å². The van der Waals surface area contributed by atoms with E-state index in [9.17, 15) is 4.39 Å². The Morgan fingerprint density at radius 3 is 2.84 bits per heavy atom. The molecule has 3 aromatic rings. The van der Waals surface area contributed by atoms with Crippen molar-refractivity contribution in [1.82, 2.24) is 25.2 Å². The third kappa shape index (κ3) is 4.84. The van der Waals surface area contributed by atoms with Crippen LogP contribution in [0.15, 0.2) is 42.9 Å². The summed E-state index contributed by atoms with van der Waals surface area (Å²) in [7, 11) is 2.10. The van der Waals surface area contributed by atoms with E-state index in [0.717, 1.165) is 36.4 Å². The third-order valence-electron chi connectivity index (χ3n) is 5.39. The van der Waals surface area contributed by atoms with E-state index in [4.69, 9.17) is 16.9 Å². The molecule has 4 rings (SSSR count). The van der Waals surface area contributed by atoms with Crippen molar-refractivity contribution in [2.24, 2.45) is 0 Å². The lowest BCUT2D eigenvalue weighted by Crippen LogP contribution is -2.40. The van der Waals surface area contributed by atoms with Gasteiger partial charge in [0.1, 0.15) is 11.6 Å². The zero-order chi connectivity index (χ0) is 22.0. The van der Waals surface area contributed by atoms with Crippen LogP contribution in [0.2, 0.25) is 5.02 Å². The smallest absolute Gasteiger partial charge is 0.164 e. The second-order valence-corrected chi connectivity index (χ2v) is 8.49. The lowest BCUT2D eigenvalue weighted by molar-refractivity contribution is 0.237. The van der Waals surface area contributed by atoms with Gasteiger partial charge in [-0.2, -0.15) is 0 Å². The zero-order valence-corrected chi connectivity index (χ0v) is 18.6. The summed E-state index contributed by atoms with van der Waals surface area (Å²) in [6, 6.07) is 6.33. The summed E-state index contributed by atoms with van der Waals surface area (Å²) in [6.07, 6.45) is 5.34. The van der Waals surface area contributed by atoms with Gasteiger partial charge in [0, 0.05) is 60.1 Å². The summed E-state index contributed by atoms with van der Waals surface area (Å²) >= 11 is 6.08. The van der Waals surface area contributed by atoms with Gasteiger partial charge >= 0.3 is 0 Å². The maximum absolute atomic E-state index is 14.4. The van der Waals surface area contributed by atoms with Gasteiger partial charge in [-0.25, -0.2) is 19.7 Å². The Bertz CT molecular complexity index is 1070. The minimum absolute atomic E-state index is 0.0316. The summed E-state index contributed by atoms with van der Waals surface area (Å²) in [5.41, 5.74) is 3.10. The van der Waals surface area contributed by atoms with Gasteiger partial charge in [0.2, 0.25) is 0 Å². The van der Waals surface area contributed by atoms with E-state index in [1.807, 2.05) is 12.3 Å². The van der Waals surface area contributed by atoms with Crippen LogP contribution in [0.3, 0.4) is 0 Å². The van der Waals surface area contributed by atoms with E-state index in [-0.39, 0.29) is 23.3 Å². The Balaban J connectivity index is 1.74. The molecule has 0 amide bonds. The molecule has 1 atom stereocenters. The highest BCUT2D eigenvalue weighted by atomic mass is 35.5. The lowest BCUT2D eigenvalue weighted by Gasteiger charge is -2.30. The van der Waals surface area contributed by atoms with E-state index in [0.29, 0.717) is 10.8 Å². The fraction of sp³-hybridized carbons (Fsp3) is 0.348. The summed E-state index contributed by atoms with van der Waals surface area (Å²) in [5.74, 6) is 0.679. The van der Waals surface area contributed by atoms with Gasteiger partial charge in [-0.1, -0.05) is 25.4 Å². The van der Waals surface area contributed by atoms with Gasteiger partial charge in [-0.15, -0.1) is 0 Å². The molecular weight excluding hydrogens is 415 g/mol. The number of piperazine rings is 1. The molecule has 1 saturated heterocycles. The number of pyridine rings is 1. The van der Waals surface area contributed by atoms with Crippen molar-refractivity contribution in [2.45, 2.75) is 25.8 Å². The van der Waals surface area contributed by atoms with Crippen LogP contribution in [0.5, 0.6) is 0 Å². The lowest BCUT2D eigenvalue weighted by atomic mass is 10.0. The van der Waals surface area contributed by atoms with E-state index >= 15 is 0 Å². The molecule has 1 fully saturated rings. The van der Waals surface area contributed by atoms with Crippen LogP contribution in [0, 0.1) is 5.82 Å². The van der Waals surface area contributed by atoms with Crippen molar-refractivity contribution < 1.29 is 4.39 Å². The third-order valence-corrected chi connectivity index (χ3v) is 5.62. The van der Waals surface area contributed by atoms with Crippen LogP contribution in [-0.4, -0.2) is 46.5 Å². The largest absolute Gasteiger partial charge is 0.340 e. The SMILES string of the molecule is CC(C)c1cnc(-c2cc(Cl)ccc2F)nc1Nc1ccncc1C1CN(C)CC[N]1. The Hall–Kier alpha value is -2.61. The van der Waals surface area contributed by atoms with Crippen molar-refractivity contribution in [3.05, 3.63) is 64.8 Å². The van der Waals surface area contributed by atoms with E-state index in [2.05, 4.69) is 46.1 Å². The topological polar surface area (TPSA) is 68.0 Å². The maximum Gasteiger partial charge on any atom is 0.164 e. The molecule has 1 aliphatic heterocycles. The highest BCUT2D eigenvalue weighted by Crippen LogP contribution is 2.32. The first-order valence-corrected chi connectivity index (χ1v) is 10.7. The monoisotopic (exact) mass is 439 g/mol. The van der Waals surface area contributed by atoms with Crippen LogP contribution < -0.4 is 10.6 Å². The van der Waals surface area contributed by atoms with Crippen molar-refractivity contribution in [1.29, 1.82) is 0 Å². The molecule has 161 valence electrons. The minimum atomic E-state index is -0.415. The molecular formula is C23H25ClFN6. The van der Waals surface area contributed by atoms with Crippen LogP contribution in [-0.2, 0) is 0 Å². The van der Waals surface area contributed by atoms with E-state index in [1.54, 1.807) is 18.5 Å². The van der Waals surface area contributed by atoms with Crippen molar-refractivity contribution in [3.63, 3.8) is 0 Å². The number of aromatic nitrogens is 3. The standard InChI is InChI=1S/C23H25ClFN6/c1-14(2)17-12-28-22(16-10-15(24)4-5-19(16)25)30-23(17)29-20-6-7-26-11-18(20)21-13-31(3)9-8-27-21/h4-7,10-12,14,21H,8-9,13H2,1-3H3,(H,26,28,29,30). The number of rotatable bonds is 5. The van der Waals surface area contributed by atoms with E-state index < -0.39 is 5.82 Å². The van der Waals surface area contributed by atoms with Gasteiger partial charge in [-0.3, -0.25) is 4.98 Å². The average Bonchev–Trinajstić information content (AvgIpc) is 2.75. The Morgan fingerprint density at radius 1 is 1.23 bits per heavy atom. The molecule has 31 heavy (non-hydrogen) atoms. The molecule has 1 radical (unpaired) electrons. The molecule has 3 heterocycles. The Kier molecular flexibility index (Phi) is 6.46. The first-order valence-electron chi connectivity index (χ1n) is 10.3. The van der Waals surface area contributed by atoms with Gasteiger partial charge in [-0.05, 0) is 37.2 Å². The molecule has 0 spiro atoms. The second kappa shape index (κ2) is 9.26. The summed E-state index contributed by atoms with van der Waals surface area (Å²) in [6.45, 7) is 6.72. The molecule has 2 aromatic heterocycles. The number of benzene rings is 1. The summed E-state index contributed by atoms with van der Waals surface area (Å²) < 4.78 is 14.4. The molecule has 0 aliphatic carbocycles. The molecule has 0 saturated carbocycles. The van der Waals surface area contributed by atoms with Gasteiger partial charge < -0.3 is 10.2 Å². The van der Waals surface area contributed by atoms with Crippen LogP contribution in [0.4, 0.5) is 15.9 Å². The first-order chi connectivity index (χ1) is 14.9. The minimum Gasteiger partial charge on any atom is -0.340 e. The molecule has 1 unspecified atom stereocenters.